The van der Waals surface area contributed by atoms with Crippen molar-refractivity contribution >= 4 is 29.3 Å². The van der Waals surface area contributed by atoms with Crippen molar-refractivity contribution in [2.24, 2.45) is 11.8 Å². The number of nitrogens with one attached hydrogen (secondary N) is 2. The average Bonchev–Trinajstić information content (AvgIpc) is 3.58. The van der Waals surface area contributed by atoms with Crippen LogP contribution >= 0.6 is 0 Å². The predicted octanol–water partition coefficient (Wildman–Crippen LogP) is 4.98. The molecule has 3 aromatic rings. The number of amides is 3. The first-order valence-corrected chi connectivity index (χ1v) is 15.0. The van der Waals surface area contributed by atoms with Crippen LogP contribution in [0.5, 0.6) is 0 Å². The third kappa shape index (κ3) is 8.21. The molecule has 3 aromatic carbocycles. The standard InChI is InChI=1S/C34H40N4O5/c1-37(17-15-32(40)35-28-13-11-24(23-39)12-14-28)33(41)16-18-38-21-26-19-29(20-27(26)22-38)43-34(42)36-31-10-6-5-9-30(31)25-7-3-2-4-8-25/h2-14,26-27,29,39H,15-23H2,1H3,(H,35,40)(H,36,42)/t26-,27+,29?. The lowest BCUT2D eigenvalue weighted by Crippen LogP contribution is -2.34. The van der Waals surface area contributed by atoms with Crippen molar-refractivity contribution in [3.05, 3.63) is 84.4 Å². The monoisotopic (exact) mass is 584 g/mol. The van der Waals surface area contributed by atoms with Crippen LogP contribution in [0.2, 0.25) is 0 Å². The normalized spacial score (nSPS) is 19.4. The van der Waals surface area contributed by atoms with Crippen LogP contribution in [-0.2, 0) is 20.9 Å². The Morgan fingerprint density at radius 2 is 1.56 bits per heavy atom. The number of para-hydroxylation sites is 1. The molecule has 3 N–H and O–H groups in total. The van der Waals surface area contributed by atoms with Crippen molar-refractivity contribution in [3.8, 4) is 11.1 Å². The van der Waals surface area contributed by atoms with Crippen molar-refractivity contribution in [1.82, 2.24) is 9.80 Å². The molecule has 1 aliphatic heterocycles. The zero-order valence-corrected chi connectivity index (χ0v) is 24.6. The van der Waals surface area contributed by atoms with Crippen molar-refractivity contribution in [1.29, 1.82) is 0 Å². The first-order valence-electron chi connectivity index (χ1n) is 15.0. The largest absolute Gasteiger partial charge is 0.446 e. The van der Waals surface area contributed by atoms with Gasteiger partial charge in [-0.2, -0.15) is 0 Å². The number of fused-ring (bicyclic) bond motifs is 1. The summed E-state index contributed by atoms with van der Waals surface area (Å²) in [4.78, 5) is 41.7. The Bertz CT molecular complexity index is 1380. The van der Waals surface area contributed by atoms with Crippen LogP contribution in [0.25, 0.3) is 11.1 Å². The zero-order valence-electron chi connectivity index (χ0n) is 24.6. The highest BCUT2D eigenvalue weighted by Crippen LogP contribution is 2.39. The van der Waals surface area contributed by atoms with Gasteiger partial charge in [0.2, 0.25) is 11.8 Å². The number of anilines is 2. The van der Waals surface area contributed by atoms with E-state index >= 15 is 0 Å². The number of aliphatic hydroxyl groups is 1. The summed E-state index contributed by atoms with van der Waals surface area (Å²) < 4.78 is 5.83. The molecule has 2 aliphatic rings. The molecule has 0 spiro atoms. The van der Waals surface area contributed by atoms with Gasteiger partial charge in [-0.3, -0.25) is 14.9 Å². The van der Waals surface area contributed by atoms with E-state index in [9.17, 15) is 14.4 Å². The van der Waals surface area contributed by atoms with Crippen molar-refractivity contribution in [2.75, 3.05) is 43.9 Å². The third-order valence-corrected chi connectivity index (χ3v) is 8.47. The number of nitrogens with zero attached hydrogens (tertiary/aromatic N) is 2. The average molecular weight is 585 g/mol. The fourth-order valence-corrected chi connectivity index (χ4v) is 6.13. The van der Waals surface area contributed by atoms with Gasteiger partial charge in [0, 0.05) is 57.3 Å². The van der Waals surface area contributed by atoms with E-state index in [4.69, 9.17) is 9.84 Å². The fourth-order valence-electron chi connectivity index (χ4n) is 6.13. The second-order valence-electron chi connectivity index (χ2n) is 11.5. The second kappa shape index (κ2) is 14.3. The maximum Gasteiger partial charge on any atom is 0.411 e. The summed E-state index contributed by atoms with van der Waals surface area (Å²) in [6.45, 7) is 2.79. The van der Waals surface area contributed by atoms with Crippen LogP contribution in [0.1, 0.15) is 31.2 Å². The summed E-state index contributed by atoms with van der Waals surface area (Å²) in [7, 11) is 1.73. The number of hydrogen-bond acceptors (Lipinski definition) is 6. The lowest BCUT2D eigenvalue weighted by Gasteiger charge is -2.21. The Morgan fingerprint density at radius 3 is 2.26 bits per heavy atom. The predicted molar refractivity (Wildman–Crippen MR) is 166 cm³/mol. The number of carbonyl (C=O) groups is 3. The first kappa shape index (κ1) is 30.3. The Kier molecular flexibility index (Phi) is 10.1. The summed E-state index contributed by atoms with van der Waals surface area (Å²) in [5, 5.41) is 14.9. The molecule has 1 aliphatic carbocycles. The molecule has 0 aromatic heterocycles. The molecule has 1 heterocycles. The molecule has 3 amide bonds. The van der Waals surface area contributed by atoms with Gasteiger partial charge < -0.3 is 25.0 Å². The molecule has 1 saturated carbocycles. The van der Waals surface area contributed by atoms with Crippen molar-refractivity contribution in [2.45, 2.75) is 38.4 Å². The highest BCUT2D eigenvalue weighted by Gasteiger charge is 2.42. The molecule has 226 valence electrons. The molecular weight excluding hydrogens is 544 g/mol. The van der Waals surface area contributed by atoms with E-state index in [-0.39, 0.29) is 30.9 Å². The summed E-state index contributed by atoms with van der Waals surface area (Å²) >= 11 is 0. The highest BCUT2D eigenvalue weighted by atomic mass is 16.6. The lowest BCUT2D eigenvalue weighted by molar-refractivity contribution is -0.130. The molecule has 0 bridgehead atoms. The molecule has 9 heteroatoms. The van der Waals surface area contributed by atoms with Gasteiger partial charge in [-0.1, -0.05) is 60.7 Å². The third-order valence-electron chi connectivity index (χ3n) is 8.47. The van der Waals surface area contributed by atoms with Crippen LogP contribution in [0.3, 0.4) is 0 Å². The van der Waals surface area contributed by atoms with Crippen LogP contribution in [0.4, 0.5) is 16.2 Å². The Hall–Kier alpha value is -4.21. The number of likely N-dealkylation sites (tertiary alicyclic amines) is 1. The van der Waals surface area contributed by atoms with Gasteiger partial charge in [-0.15, -0.1) is 0 Å². The highest BCUT2D eigenvalue weighted by molar-refractivity contribution is 5.92. The topological polar surface area (TPSA) is 111 Å². The number of benzene rings is 3. The minimum absolute atomic E-state index is 0.0193. The van der Waals surface area contributed by atoms with Gasteiger partial charge in [-0.25, -0.2) is 4.79 Å². The van der Waals surface area contributed by atoms with Crippen LogP contribution in [0, 0.1) is 11.8 Å². The van der Waals surface area contributed by atoms with Crippen LogP contribution in [0.15, 0.2) is 78.9 Å². The van der Waals surface area contributed by atoms with Crippen LogP contribution in [-0.4, -0.2) is 72.1 Å². The van der Waals surface area contributed by atoms with Gasteiger partial charge in [0.15, 0.2) is 0 Å². The maximum absolute atomic E-state index is 12.8. The lowest BCUT2D eigenvalue weighted by atomic mass is 10.0. The van der Waals surface area contributed by atoms with E-state index in [1.165, 1.54) is 0 Å². The molecule has 2 fully saturated rings. The molecule has 0 radical (unpaired) electrons. The smallest absolute Gasteiger partial charge is 0.411 e. The number of rotatable bonds is 11. The Balaban J connectivity index is 0.995. The molecule has 43 heavy (non-hydrogen) atoms. The molecule has 9 nitrogen and oxygen atoms in total. The number of aliphatic hydroxyl groups excluding tert-OH is 1. The van der Waals surface area contributed by atoms with E-state index in [1.54, 1.807) is 36.2 Å². The van der Waals surface area contributed by atoms with Gasteiger partial charge >= 0.3 is 6.09 Å². The van der Waals surface area contributed by atoms with E-state index < -0.39 is 6.09 Å². The number of carbonyl (C=O) groups excluding carboxylic acids is 3. The quantitative estimate of drug-likeness (QED) is 0.293. The fraction of sp³-hybridized carbons (Fsp3) is 0.382. The number of hydrogen-bond donors (Lipinski definition) is 3. The van der Waals surface area contributed by atoms with E-state index in [0.29, 0.717) is 37.0 Å². The minimum atomic E-state index is -0.424. The molecule has 5 rings (SSSR count). The molecular formula is C34H40N4O5. The summed E-state index contributed by atoms with van der Waals surface area (Å²) in [6, 6.07) is 24.7. The van der Waals surface area contributed by atoms with Gasteiger partial charge in [0.05, 0.1) is 12.3 Å². The van der Waals surface area contributed by atoms with E-state index in [0.717, 1.165) is 48.3 Å². The summed E-state index contributed by atoms with van der Waals surface area (Å²) in [6.07, 6.45) is 1.76. The van der Waals surface area contributed by atoms with Gasteiger partial charge in [-0.05, 0) is 54.0 Å². The van der Waals surface area contributed by atoms with Gasteiger partial charge in [0.1, 0.15) is 6.10 Å². The Labute approximate surface area is 252 Å². The van der Waals surface area contributed by atoms with Crippen molar-refractivity contribution in [3.63, 3.8) is 0 Å². The molecule has 1 saturated heterocycles. The summed E-state index contributed by atoms with van der Waals surface area (Å²) in [5.41, 5.74) is 4.16. The minimum Gasteiger partial charge on any atom is -0.446 e. The molecule has 1 unspecified atom stereocenters. The van der Waals surface area contributed by atoms with Gasteiger partial charge in [0.25, 0.3) is 0 Å². The Morgan fingerprint density at radius 1 is 0.884 bits per heavy atom. The number of ether oxygens (including phenoxy) is 1. The summed E-state index contributed by atoms with van der Waals surface area (Å²) in [5.74, 6) is 0.773. The van der Waals surface area contributed by atoms with Crippen molar-refractivity contribution < 1.29 is 24.2 Å². The second-order valence-corrected chi connectivity index (χ2v) is 11.5. The van der Waals surface area contributed by atoms with Crippen LogP contribution < -0.4 is 10.6 Å². The SMILES string of the molecule is CN(CCC(=O)Nc1ccc(CO)cc1)C(=O)CCN1C[C@H]2CC(OC(=O)Nc3ccccc3-c3ccccc3)C[C@H]2C1. The van der Waals surface area contributed by atoms with E-state index in [2.05, 4.69) is 15.5 Å². The maximum atomic E-state index is 12.8. The van der Waals surface area contributed by atoms with E-state index in [1.807, 2.05) is 54.6 Å². The zero-order chi connectivity index (χ0) is 30.2. The first-order chi connectivity index (χ1) is 20.9. The molecule has 3 atom stereocenters.